The predicted molar refractivity (Wildman–Crippen MR) is 82.7 cm³/mol. The lowest BCUT2D eigenvalue weighted by Gasteiger charge is -2.25. The summed E-state index contributed by atoms with van der Waals surface area (Å²) >= 11 is 0. The summed E-state index contributed by atoms with van der Waals surface area (Å²) in [5.41, 5.74) is 4.53. The fourth-order valence-electron chi connectivity index (χ4n) is 2.96. The average Bonchev–Trinajstić information content (AvgIpc) is 2.50. The van der Waals surface area contributed by atoms with Gasteiger partial charge in [-0.15, -0.1) is 0 Å². The van der Waals surface area contributed by atoms with Crippen molar-refractivity contribution in [3.05, 3.63) is 52.6 Å². The van der Waals surface area contributed by atoms with Crippen molar-refractivity contribution in [2.45, 2.75) is 32.7 Å². The van der Waals surface area contributed by atoms with Crippen molar-refractivity contribution in [3.63, 3.8) is 0 Å². The minimum Gasteiger partial charge on any atom is -0.493 e. The molecule has 0 saturated carbocycles. The van der Waals surface area contributed by atoms with E-state index in [1.165, 1.54) is 11.1 Å². The zero-order valence-corrected chi connectivity index (χ0v) is 12.8. The molecule has 2 aromatic rings. The smallest absolute Gasteiger partial charge is 0.136 e. The van der Waals surface area contributed by atoms with Crippen LogP contribution in [0.2, 0.25) is 0 Å². The van der Waals surface area contributed by atoms with E-state index in [2.05, 4.69) is 31.3 Å². The summed E-state index contributed by atoms with van der Waals surface area (Å²) in [4.78, 5) is 9.54. The molecule has 1 atom stereocenters. The zero-order chi connectivity index (χ0) is 14.8. The molecule has 1 N–H and O–H groups in total. The number of benzene rings is 1. The highest BCUT2D eigenvalue weighted by Crippen LogP contribution is 2.36. The zero-order valence-electron chi connectivity index (χ0n) is 12.8. The number of nitrogens with zero attached hydrogens (tertiary/aromatic N) is 2. The largest absolute Gasteiger partial charge is 0.493 e. The van der Waals surface area contributed by atoms with Gasteiger partial charge in [-0.2, -0.15) is 0 Å². The molecule has 0 spiro atoms. The molecule has 0 aliphatic carbocycles. The van der Waals surface area contributed by atoms with Crippen molar-refractivity contribution in [3.8, 4) is 5.75 Å². The number of rotatable bonds is 3. The summed E-state index contributed by atoms with van der Waals surface area (Å²) in [6, 6.07) is 8.20. The first-order valence-electron chi connectivity index (χ1n) is 7.41. The lowest BCUT2D eigenvalue weighted by atomic mass is 9.92. The van der Waals surface area contributed by atoms with Crippen LogP contribution in [-0.4, -0.2) is 23.6 Å². The Labute approximate surface area is 125 Å². The van der Waals surface area contributed by atoms with E-state index < -0.39 is 0 Å². The molecule has 110 valence electrons. The van der Waals surface area contributed by atoms with Crippen LogP contribution in [0.15, 0.2) is 24.3 Å². The van der Waals surface area contributed by atoms with Gasteiger partial charge in [0.15, 0.2) is 0 Å². The van der Waals surface area contributed by atoms with Gasteiger partial charge in [0, 0.05) is 29.1 Å². The fraction of sp³-hybridized carbons (Fsp3) is 0.412. The molecular weight excluding hydrogens is 262 g/mol. The Bertz CT molecular complexity index is 631. The van der Waals surface area contributed by atoms with Gasteiger partial charge in [-0.1, -0.05) is 18.2 Å². The van der Waals surface area contributed by atoms with Crippen LogP contribution in [0.5, 0.6) is 5.75 Å². The summed E-state index contributed by atoms with van der Waals surface area (Å²) in [6.07, 6.45) is 0.932. The van der Waals surface area contributed by atoms with Crippen LogP contribution in [0.4, 0.5) is 0 Å². The summed E-state index contributed by atoms with van der Waals surface area (Å²) in [5, 5.41) is 3.18. The molecule has 0 radical (unpaired) electrons. The maximum atomic E-state index is 5.73. The van der Waals surface area contributed by atoms with Crippen LogP contribution in [0.25, 0.3) is 0 Å². The predicted octanol–water partition coefficient (Wildman–Crippen LogP) is 2.73. The number of aryl methyl sites for hydroxylation is 2. The van der Waals surface area contributed by atoms with E-state index in [4.69, 9.17) is 14.7 Å². The Hall–Kier alpha value is -1.94. The van der Waals surface area contributed by atoms with Gasteiger partial charge in [0.25, 0.3) is 0 Å². The number of hydrogen-bond donors (Lipinski definition) is 1. The Morgan fingerprint density at radius 3 is 2.62 bits per heavy atom. The second-order valence-corrected chi connectivity index (χ2v) is 5.49. The fourth-order valence-corrected chi connectivity index (χ4v) is 2.96. The van der Waals surface area contributed by atoms with E-state index in [-0.39, 0.29) is 5.92 Å². The average molecular weight is 283 g/mol. The first kappa shape index (κ1) is 14.0. The molecule has 1 aromatic heterocycles. The van der Waals surface area contributed by atoms with Crippen molar-refractivity contribution in [2.24, 2.45) is 0 Å². The first-order chi connectivity index (χ1) is 10.2. The number of ether oxygens (including phenoxy) is 1. The summed E-state index contributed by atoms with van der Waals surface area (Å²) < 4.78 is 5.73. The number of nitrogens with one attached hydrogen (secondary N) is 1. The second kappa shape index (κ2) is 5.82. The van der Waals surface area contributed by atoms with Crippen molar-refractivity contribution < 1.29 is 4.74 Å². The van der Waals surface area contributed by atoms with Gasteiger partial charge in [0.1, 0.15) is 11.6 Å². The molecule has 1 aromatic carbocycles. The summed E-state index contributed by atoms with van der Waals surface area (Å²) in [7, 11) is 1.95. The quantitative estimate of drug-likeness (QED) is 0.941. The van der Waals surface area contributed by atoms with Gasteiger partial charge in [0.05, 0.1) is 12.5 Å². The van der Waals surface area contributed by atoms with Gasteiger partial charge in [-0.25, -0.2) is 9.97 Å². The number of hydrogen-bond acceptors (Lipinski definition) is 4. The SMILES string of the molecule is CNCc1c(C)nc(C2CCOc3ccccc32)nc1C. The molecule has 2 heterocycles. The molecular formula is C17H21N3O. The van der Waals surface area contributed by atoms with Crippen LogP contribution >= 0.6 is 0 Å². The lowest BCUT2D eigenvalue weighted by Crippen LogP contribution is -2.19. The monoisotopic (exact) mass is 283 g/mol. The van der Waals surface area contributed by atoms with E-state index >= 15 is 0 Å². The minimum atomic E-state index is 0.232. The summed E-state index contributed by atoms with van der Waals surface area (Å²) in [6.45, 7) is 5.66. The van der Waals surface area contributed by atoms with Gasteiger partial charge >= 0.3 is 0 Å². The molecule has 0 fully saturated rings. The molecule has 21 heavy (non-hydrogen) atoms. The molecule has 0 saturated heterocycles. The maximum Gasteiger partial charge on any atom is 0.136 e. The molecule has 1 aliphatic rings. The highest BCUT2D eigenvalue weighted by atomic mass is 16.5. The van der Waals surface area contributed by atoms with E-state index in [1.807, 2.05) is 19.2 Å². The van der Waals surface area contributed by atoms with E-state index in [0.29, 0.717) is 0 Å². The molecule has 0 bridgehead atoms. The van der Waals surface area contributed by atoms with Gasteiger partial charge < -0.3 is 10.1 Å². The first-order valence-corrected chi connectivity index (χ1v) is 7.41. The summed E-state index contributed by atoms with van der Waals surface area (Å²) in [5.74, 6) is 2.11. The van der Waals surface area contributed by atoms with Gasteiger partial charge in [-0.3, -0.25) is 0 Å². The van der Waals surface area contributed by atoms with Crippen molar-refractivity contribution in [2.75, 3.05) is 13.7 Å². The van der Waals surface area contributed by atoms with Crippen LogP contribution in [-0.2, 0) is 6.54 Å². The Kier molecular flexibility index (Phi) is 3.88. The van der Waals surface area contributed by atoms with E-state index in [0.717, 1.165) is 42.5 Å². The highest BCUT2D eigenvalue weighted by molar-refractivity contribution is 5.41. The standard InChI is InChI=1S/C17H21N3O/c1-11-15(10-18-3)12(2)20-17(19-11)14-8-9-21-16-7-5-4-6-13(14)16/h4-7,14,18H,8-10H2,1-3H3. The number of fused-ring (bicyclic) bond motifs is 1. The highest BCUT2D eigenvalue weighted by Gasteiger charge is 2.25. The maximum absolute atomic E-state index is 5.73. The van der Waals surface area contributed by atoms with E-state index in [9.17, 15) is 0 Å². The molecule has 4 heteroatoms. The van der Waals surface area contributed by atoms with Crippen LogP contribution in [0.1, 0.15) is 40.7 Å². The third kappa shape index (κ3) is 2.63. The van der Waals surface area contributed by atoms with Crippen LogP contribution in [0, 0.1) is 13.8 Å². The van der Waals surface area contributed by atoms with Crippen molar-refractivity contribution >= 4 is 0 Å². The number of para-hydroxylation sites is 1. The molecule has 3 rings (SSSR count). The Balaban J connectivity index is 2.02. The second-order valence-electron chi connectivity index (χ2n) is 5.49. The van der Waals surface area contributed by atoms with Gasteiger partial charge in [-0.05, 0) is 33.4 Å². The van der Waals surface area contributed by atoms with Crippen LogP contribution in [0.3, 0.4) is 0 Å². The number of aromatic nitrogens is 2. The third-order valence-corrected chi connectivity index (χ3v) is 4.06. The van der Waals surface area contributed by atoms with Crippen molar-refractivity contribution in [1.29, 1.82) is 0 Å². The van der Waals surface area contributed by atoms with Crippen LogP contribution < -0.4 is 10.1 Å². The van der Waals surface area contributed by atoms with Gasteiger partial charge in [0.2, 0.25) is 0 Å². The lowest BCUT2D eigenvalue weighted by molar-refractivity contribution is 0.274. The molecule has 0 amide bonds. The normalized spacial score (nSPS) is 17.2. The topological polar surface area (TPSA) is 47.0 Å². The minimum absolute atomic E-state index is 0.232. The molecule has 1 unspecified atom stereocenters. The third-order valence-electron chi connectivity index (χ3n) is 4.06. The Morgan fingerprint density at radius 2 is 1.90 bits per heavy atom. The van der Waals surface area contributed by atoms with E-state index in [1.54, 1.807) is 0 Å². The molecule has 1 aliphatic heterocycles. The molecule has 4 nitrogen and oxygen atoms in total. The Morgan fingerprint density at radius 1 is 1.19 bits per heavy atom. The van der Waals surface area contributed by atoms with Crippen molar-refractivity contribution in [1.82, 2.24) is 15.3 Å².